The zero-order valence-electron chi connectivity index (χ0n) is 13.2. The predicted octanol–water partition coefficient (Wildman–Crippen LogP) is 5.12. The van der Waals surface area contributed by atoms with Crippen LogP contribution < -0.4 is 0 Å². The van der Waals surface area contributed by atoms with Gasteiger partial charge in [-0.15, -0.1) is 0 Å². The molecule has 3 aromatic rings. The number of hydrogen-bond donors (Lipinski definition) is 0. The number of aliphatic imine (C=N–C) groups is 1. The number of halogens is 1. The fourth-order valence-corrected chi connectivity index (χ4v) is 2.58. The molecule has 23 heavy (non-hydrogen) atoms. The van der Waals surface area contributed by atoms with Crippen LogP contribution in [0.25, 0.3) is 11.0 Å². The highest BCUT2D eigenvalue weighted by atomic mass is 19.1. The Morgan fingerprint density at radius 1 is 1.09 bits per heavy atom. The first kappa shape index (κ1) is 15.4. The van der Waals surface area contributed by atoms with Crippen LogP contribution in [0.4, 0.5) is 10.3 Å². The first-order valence-electron chi connectivity index (χ1n) is 8.03. The first-order valence-corrected chi connectivity index (χ1v) is 8.03. The lowest BCUT2D eigenvalue weighted by atomic mass is 10.2. The van der Waals surface area contributed by atoms with Crippen LogP contribution in [0.1, 0.15) is 31.7 Å². The summed E-state index contributed by atoms with van der Waals surface area (Å²) < 4.78 is 15.1. The molecule has 4 heteroatoms. The Bertz CT molecular complexity index is 803. The maximum Gasteiger partial charge on any atom is 0.230 e. The normalized spacial score (nSPS) is 11.6. The summed E-state index contributed by atoms with van der Waals surface area (Å²) in [6, 6.07) is 14.4. The number of aryl methyl sites for hydroxylation is 1. The van der Waals surface area contributed by atoms with Gasteiger partial charge in [0.05, 0.1) is 11.0 Å². The topological polar surface area (TPSA) is 30.2 Å². The van der Waals surface area contributed by atoms with E-state index in [9.17, 15) is 4.39 Å². The van der Waals surface area contributed by atoms with Crippen molar-refractivity contribution in [2.75, 3.05) is 0 Å². The Hall–Kier alpha value is -2.49. The number of unbranched alkanes of at least 4 members (excludes halogenated alkanes) is 2. The summed E-state index contributed by atoms with van der Waals surface area (Å²) in [5, 5.41) is 0. The number of hydrogen-bond acceptors (Lipinski definition) is 2. The van der Waals surface area contributed by atoms with E-state index < -0.39 is 0 Å². The largest absolute Gasteiger partial charge is 0.308 e. The molecule has 0 N–H and O–H groups in total. The highest BCUT2D eigenvalue weighted by molar-refractivity contribution is 5.83. The van der Waals surface area contributed by atoms with E-state index in [1.54, 1.807) is 18.3 Å². The Morgan fingerprint density at radius 2 is 1.87 bits per heavy atom. The smallest absolute Gasteiger partial charge is 0.230 e. The first-order chi connectivity index (χ1) is 11.3. The number of imidazole rings is 1. The van der Waals surface area contributed by atoms with Crippen molar-refractivity contribution in [2.24, 2.45) is 4.99 Å². The van der Waals surface area contributed by atoms with Gasteiger partial charge in [0.25, 0.3) is 0 Å². The molecule has 0 aliphatic carbocycles. The van der Waals surface area contributed by atoms with Gasteiger partial charge in [0.15, 0.2) is 0 Å². The molecule has 118 valence electrons. The molecule has 1 aromatic heterocycles. The third kappa shape index (κ3) is 3.65. The lowest BCUT2D eigenvalue weighted by molar-refractivity contribution is 0.616. The summed E-state index contributed by atoms with van der Waals surface area (Å²) in [7, 11) is 0. The van der Waals surface area contributed by atoms with E-state index in [1.807, 2.05) is 18.2 Å². The predicted molar refractivity (Wildman–Crippen MR) is 92.9 cm³/mol. The molecule has 0 saturated heterocycles. The van der Waals surface area contributed by atoms with Crippen molar-refractivity contribution in [3.8, 4) is 0 Å². The molecule has 0 aliphatic rings. The van der Waals surface area contributed by atoms with Gasteiger partial charge < -0.3 is 4.57 Å². The Labute approximate surface area is 135 Å². The van der Waals surface area contributed by atoms with Crippen molar-refractivity contribution in [2.45, 2.75) is 32.7 Å². The molecule has 0 atom stereocenters. The van der Waals surface area contributed by atoms with Gasteiger partial charge in [-0.25, -0.2) is 14.4 Å². The summed E-state index contributed by atoms with van der Waals surface area (Å²) in [5.41, 5.74) is 2.92. The van der Waals surface area contributed by atoms with Crippen molar-refractivity contribution in [1.82, 2.24) is 9.55 Å². The summed E-state index contributed by atoms with van der Waals surface area (Å²) >= 11 is 0. The molecule has 0 amide bonds. The highest BCUT2D eigenvalue weighted by Gasteiger charge is 2.08. The number of aromatic nitrogens is 2. The maximum atomic E-state index is 13.0. The average Bonchev–Trinajstić information content (AvgIpc) is 2.93. The minimum absolute atomic E-state index is 0.242. The van der Waals surface area contributed by atoms with Crippen LogP contribution >= 0.6 is 0 Å². The summed E-state index contributed by atoms with van der Waals surface area (Å²) in [5.74, 6) is 0.459. The molecule has 0 fully saturated rings. The highest BCUT2D eigenvalue weighted by Crippen LogP contribution is 2.22. The van der Waals surface area contributed by atoms with Crippen molar-refractivity contribution in [1.29, 1.82) is 0 Å². The molecule has 1 heterocycles. The van der Waals surface area contributed by atoms with Crippen LogP contribution in [0.2, 0.25) is 0 Å². The van der Waals surface area contributed by atoms with Gasteiger partial charge in [-0.05, 0) is 36.2 Å². The van der Waals surface area contributed by atoms with Gasteiger partial charge in [-0.2, -0.15) is 0 Å². The minimum atomic E-state index is -0.242. The molecule has 0 spiro atoms. The van der Waals surface area contributed by atoms with E-state index in [0.717, 1.165) is 29.6 Å². The third-order valence-electron chi connectivity index (χ3n) is 3.82. The van der Waals surface area contributed by atoms with E-state index in [1.165, 1.54) is 25.0 Å². The molecule has 2 aromatic carbocycles. The average molecular weight is 309 g/mol. The second-order valence-corrected chi connectivity index (χ2v) is 5.57. The maximum absolute atomic E-state index is 13.0. The molecule has 0 bridgehead atoms. The van der Waals surface area contributed by atoms with Gasteiger partial charge in [-0.3, -0.25) is 0 Å². The van der Waals surface area contributed by atoms with Crippen LogP contribution in [-0.4, -0.2) is 15.8 Å². The molecule has 3 nitrogen and oxygen atoms in total. The molecule has 0 unspecified atom stereocenters. The second kappa shape index (κ2) is 7.18. The minimum Gasteiger partial charge on any atom is -0.308 e. The number of fused-ring (bicyclic) bond motifs is 1. The summed E-state index contributed by atoms with van der Waals surface area (Å²) in [4.78, 5) is 9.14. The van der Waals surface area contributed by atoms with E-state index >= 15 is 0 Å². The standard InChI is InChI=1S/C19H20FN3/c1-2-3-6-13-23-18-8-5-4-7-17(18)22-19(23)21-14-15-9-11-16(20)12-10-15/h4-5,7-12,14H,2-3,6,13H2,1H3/b21-14+. The van der Waals surface area contributed by atoms with E-state index in [2.05, 4.69) is 27.5 Å². The molecular weight excluding hydrogens is 289 g/mol. The molecule has 3 rings (SSSR count). The zero-order valence-corrected chi connectivity index (χ0v) is 13.2. The third-order valence-corrected chi connectivity index (χ3v) is 3.82. The monoisotopic (exact) mass is 309 g/mol. The quantitative estimate of drug-likeness (QED) is 0.459. The van der Waals surface area contributed by atoms with Crippen LogP contribution in [0.3, 0.4) is 0 Å². The van der Waals surface area contributed by atoms with Crippen molar-refractivity contribution < 1.29 is 4.39 Å². The van der Waals surface area contributed by atoms with Crippen LogP contribution in [-0.2, 0) is 6.54 Å². The van der Waals surface area contributed by atoms with Gasteiger partial charge in [0.1, 0.15) is 5.82 Å². The Morgan fingerprint density at radius 3 is 2.65 bits per heavy atom. The van der Waals surface area contributed by atoms with Gasteiger partial charge in [0, 0.05) is 12.8 Å². The van der Waals surface area contributed by atoms with E-state index in [-0.39, 0.29) is 5.82 Å². The van der Waals surface area contributed by atoms with Crippen molar-refractivity contribution in [3.05, 3.63) is 59.9 Å². The molecule has 0 radical (unpaired) electrons. The number of nitrogens with zero attached hydrogens (tertiary/aromatic N) is 3. The molecule has 0 saturated carbocycles. The number of para-hydroxylation sites is 2. The second-order valence-electron chi connectivity index (χ2n) is 5.57. The van der Waals surface area contributed by atoms with Gasteiger partial charge in [0.2, 0.25) is 5.95 Å². The fourth-order valence-electron chi connectivity index (χ4n) is 2.58. The summed E-state index contributed by atoms with van der Waals surface area (Å²) in [6.07, 6.45) is 5.21. The van der Waals surface area contributed by atoms with Gasteiger partial charge in [-0.1, -0.05) is 44.0 Å². The zero-order chi connectivity index (χ0) is 16.1. The van der Waals surface area contributed by atoms with E-state index in [4.69, 9.17) is 0 Å². The number of benzene rings is 2. The molecule has 0 aliphatic heterocycles. The fraction of sp³-hybridized carbons (Fsp3) is 0.263. The lowest BCUT2D eigenvalue weighted by Gasteiger charge is -2.05. The SMILES string of the molecule is CCCCCn1c(/N=C/c2ccc(F)cc2)nc2ccccc21. The van der Waals surface area contributed by atoms with Crippen LogP contribution in [0, 0.1) is 5.82 Å². The van der Waals surface area contributed by atoms with Crippen LogP contribution in [0.5, 0.6) is 0 Å². The summed E-state index contributed by atoms with van der Waals surface area (Å²) in [6.45, 7) is 3.10. The van der Waals surface area contributed by atoms with Gasteiger partial charge >= 0.3 is 0 Å². The lowest BCUT2D eigenvalue weighted by Crippen LogP contribution is -1.97. The van der Waals surface area contributed by atoms with Crippen molar-refractivity contribution >= 4 is 23.2 Å². The molecular formula is C19H20FN3. The van der Waals surface area contributed by atoms with E-state index in [0.29, 0.717) is 5.95 Å². The van der Waals surface area contributed by atoms with Crippen LogP contribution in [0.15, 0.2) is 53.5 Å². The Kier molecular flexibility index (Phi) is 4.81. The Balaban J connectivity index is 1.92. The number of rotatable bonds is 6. The van der Waals surface area contributed by atoms with Crippen molar-refractivity contribution in [3.63, 3.8) is 0 Å².